The number of aliphatic hydroxyl groups excluding tert-OH is 1. The Kier molecular flexibility index (Phi) is 26.5. The average Bonchev–Trinajstić information content (AvgIpc) is 1.41. The number of esters is 5. The van der Waals surface area contributed by atoms with E-state index in [4.69, 9.17) is 47.0 Å². The van der Waals surface area contributed by atoms with Gasteiger partial charge in [0, 0.05) is 94.8 Å². The largest absolute Gasteiger partial charge is 0.462 e. The number of aliphatic hydroxyl groups is 2. The van der Waals surface area contributed by atoms with Gasteiger partial charge >= 0.3 is 29.8 Å². The summed E-state index contributed by atoms with van der Waals surface area (Å²) in [6.07, 6.45) is 12.3. The van der Waals surface area contributed by atoms with Crippen LogP contribution in [0.15, 0.2) is 69.4 Å². The fourth-order valence-corrected chi connectivity index (χ4v) is 17.6. The van der Waals surface area contributed by atoms with Crippen molar-refractivity contribution >= 4 is 58.9 Å². The summed E-state index contributed by atoms with van der Waals surface area (Å²) < 4.78 is 59.6. The number of unbranched alkanes of at least 4 members (excludes halogenated alkanes) is 1. The Morgan fingerprint density at radius 3 is 2.17 bits per heavy atom. The standard InChI is InChI=1S/C79H109NO22/c1-43-21-15-14-16-22-44(2)58(94-12)38-53-29-26-49(7)79(92,102-53)73(88)74(89)80-34-20-19-23-56(80)76(91)99-59(39-57(82)45(3)36-48(6)69(86)72(95-13)68(85)47(5)35-43)46(4)37-51-27-30-52(31-28-51)98-63(83)24-17-18-25-64(84)100-61-33-32-55-65-67(60(97-50(8)81)40-77(55,61)9)78(10)62(42-93-11)101-75(90)54-41-96-71(66(54)78)70(65)87/h14-16,21-22,36,41,43,45-47,49,51-53,55-56,58-62,69,72,86,92H,17-20,23-35,37-40,42H2,1-13H3/b16-14+,21-15+,44-22+,48-36+/t43-,45-,46-,47-,49-,51?,52?,53+,55?,56+,58+,59+,60-,61+,62-,69-,72+,77+,78+,79-/m1/s1. The first kappa shape index (κ1) is 79.4. The summed E-state index contributed by atoms with van der Waals surface area (Å²) in [6.45, 7) is 17.7. The van der Waals surface area contributed by atoms with Crippen molar-refractivity contribution in [1.29, 1.82) is 0 Å². The molecule has 4 fully saturated rings. The summed E-state index contributed by atoms with van der Waals surface area (Å²) in [4.78, 5) is 141. The SMILES string of the molecule is COC[C@H]1OC(=O)c2coc3c2[C@@]1(C)C1=C(C3=O)C2CC[C@H](OC(=O)CCCCC(=O)OC3CCC(C[C@@H](C)[C@@H]4CC(=O)[C@H](C)/C=C(\C)[C@@H](O)[C@@H](OC)C(=O)[C@H](C)C[C@H](C)/C=C/C=C/C=C(\C)[C@@H](OC)C[C@@H]5CC[C@@H](C)[C@@](O)(O5)C(=O)C(=O)N5CCCC[C@H]5C(=O)O4)CC3)[C@@]2(C)C[C@H]1OC(C)=O. The lowest BCUT2D eigenvalue weighted by Gasteiger charge is -2.52. The molecule has 8 aliphatic rings. The molecular weight excluding hydrogens is 1310 g/mol. The molecule has 4 aliphatic heterocycles. The highest BCUT2D eigenvalue weighted by Gasteiger charge is 2.65. The molecule has 18 atom stereocenters. The lowest BCUT2D eigenvalue weighted by molar-refractivity contribution is -0.265. The predicted molar refractivity (Wildman–Crippen MR) is 371 cm³/mol. The number of hydrogen-bond acceptors (Lipinski definition) is 22. The molecule has 5 heterocycles. The lowest BCUT2D eigenvalue weighted by atomic mass is 9.54. The van der Waals surface area contributed by atoms with E-state index in [0.717, 1.165) is 5.57 Å². The van der Waals surface area contributed by atoms with E-state index in [2.05, 4.69) is 0 Å². The normalized spacial score (nSPS) is 37.4. The Labute approximate surface area is 599 Å². The van der Waals surface area contributed by atoms with Crippen LogP contribution in [0, 0.1) is 46.8 Å². The van der Waals surface area contributed by atoms with Gasteiger partial charge in [0.15, 0.2) is 11.5 Å². The predicted octanol–water partition coefficient (Wildman–Crippen LogP) is 10.6. The van der Waals surface area contributed by atoms with Crippen LogP contribution in [-0.4, -0.2) is 175 Å². The topological polar surface area (TPSA) is 311 Å². The van der Waals surface area contributed by atoms with E-state index >= 15 is 0 Å². The zero-order valence-electron chi connectivity index (χ0n) is 61.9. The van der Waals surface area contributed by atoms with Crippen LogP contribution in [0.2, 0.25) is 0 Å². The molecule has 0 radical (unpaired) electrons. The van der Waals surface area contributed by atoms with Gasteiger partial charge in [-0.25, -0.2) is 9.59 Å². The second kappa shape index (κ2) is 34.0. The monoisotopic (exact) mass is 1420 g/mol. The van der Waals surface area contributed by atoms with Crippen molar-refractivity contribution in [2.24, 2.45) is 46.8 Å². The second-order valence-corrected chi connectivity index (χ2v) is 30.9. The highest BCUT2D eigenvalue weighted by molar-refractivity contribution is 6.39. The minimum Gasteiger partial charge on any atom is -0.462 e. The third kappa shape index (κ3) is 17.1. The Hall–Kier alpha value is -6.76. The Morgan fingerprint density at radius 2 is 1.49 bits per heavy atom. The van der Waals surface area contributed by atoms with Crippen molar-refractivity contribution in [3.05, 3.63) is 81.9 Å². The Balaban J connectivity index is 0.823. The van der Waals surface area contributed by atoms with Gasteiger partial charge in [0.2, 0.25) is 11.6 Å². The molecule has 562 valence electrons. The molecule has 1 amide bonds. The number of cyclic esters (lactones) is 2. The molecule has 102 heavy (non-hydrogen) atoms. The fourth-order valence-electron chi connectivity index (χ4n) is 17.6. The van der Waals surface area contributed by atoms with Gasteiger partial charge in [-0.05, 0) is 164 Å². The summed E-state index contributed by atoms with van der Waals surface area (Å²) in [5.41, 5.74) is 0.716. The molecule has 9 rings (SSSR count). The Morgan fingerprint density at radius 1 is 0.784 bits per heavy atom. The van der Waals surface area contributed by atoms with Crippen molar-refractivity contribution in [2.45, 2.75) is 270 Å². The first-order valence-corrected chi connectivity index (χ1v) is 37.0. The van der Waals surface area contributed by atoms with E-state index in [1.54, 1.807) is 40.9 Å². The molecule has 2 saturated heterocycles. The molecule has 2 N–H and O–H groups in total. The molecule has 2 saturated carbocycles. The van der Waals surface area contributed by atoms with Crippen LogP contribution in [0.1, 0.15) is 224 Å². The van der Waals surface area contributed by atoms with Crippen LogP contribution in [0.3, 0.4) is 0 Å². The number of nitrogens with zero attached hydrogens (tertiary/aromatic N) is 1. The summed E-state index contributed by atoms with van der Waals surface area (Å²) in [5, 5.41) is 23.8. The number of ether oxygens (including phenoxy) is 9. The number of furan rings is 1. The zero-order valence-corrected chi connectivity index (χ0v) is 61.9. The van der Waals surface area contributed by atoms with Gasteiger partial charge in [-0.2, -0.15) is 0 Å². The highest BCUT2D eigenvalue weighted by Crippen LogP contribution is 2.63. The molecule has 1 aromatic heterocycles. The minimum absolute atomic E-state index is 0.000242. The number of amides is 1. The number of allylic oxidation sites excluding steroid dienone is 7. The van der Waals surface area contributed by atoms with Crippen LogP contribution in [-0.2, 0) is 86.4 Å². The molecule has 0 aromatic carbocycles. The number of carbonyl (C=O) groups is 10. The highest BCUT2D eigenvalue weighted by atomic mass is 16.6. The molecule has 23 heteroatoms. The molecular formula is C79H109NO22. The smallest absolute Gasteiger partial charge is 0.342 e. The summed E-state index contributed by atoms with van der Waals surface area (Å²) in [7, 11) is 4.41. The van der Waals surface area contributed by atoms with Crippen molar-refractivity contribution in [1.82, 2.24) is 4.90 Å². The van der Waals surface area contributed by atoms with Crippen LogP contribution in [0.25, 0.3) is 0 Å². The molecule has 4 aliphatic carbocycles. The van der Waals surface area contributed by atoms with Gasteiger partial charge < -0.3 is 62.2 Å². The number of fused-ring (bicyclic) bond motifs is 6. The van der Waals surface area contributed by atoms with Crippen molar-refractivity contribution in [3.8, 4) is 0 Å². The van der Waals surface area contributed by atoms with E-state index in [9.17, 15) is 58.2 Å². The number of carbonyl (C=O) groups excluding carboxylic acids is 10. The average molecular weight is 1420 g/mol. The molecule has 23 nitrogen and oxygen atoms in total. The van der Waals surface area contributed by atoms with Gasteiger partial charge in [0.05, 0.1) is 24.2 Å². The van der Waals surface area contributed by atoms with Crippen molar-refractivity contribution < 1.29 is 105 Å². The maximum atomic E-state index is 14.7. The van der Waals surface area contributed by atoms with E-state index in [0.29, 0.717) is 112 Å². The summed E-state index contributed by atoms with van der Waals surface area (Å²) in [6, 6.07) is -1.21. The van der Waals surface area contributed by atoms with Gasteiger partial charge in [0.1, 0.15) is 66.4 Å². The maximum Gasteiger partial charge on any atom is 0.342 e. The quantitative estimate of drug-likeness (QED) is 0.0542. The van der Waals surface area contributed by atoms with E-state index in [1.807, 2.05) is 65.0 Å². The molecule has 1 unspecified atom stereocenters. The van der Waals surface area contributed by atoms with Gasteiger partial charge in [-0.15, -0.1) is 0 Å². The number of Topliss-reactive ketones (excluding diaryl/α,β-unsaturated/α-hetero) is 4. The van der Waals surface area contributed by atoms with E-state index in [1.165, 1.54) is 32.3 Å². The molecule has 1 aromatic rings. The molecule has 2 bridgehead atoms. The van der Waals surface area contributed by atoms with Crippen LogP contribution in [0.5, 0.6) is 0 Å². The van der Waals surface area contributed by atoms with Gasteiger partial charge in [-0.1, -0.05) is 78.0 Å². The number of piperidine rings is 1. The summed E-state index contributed by atoms with van der Waals surface area (Å²) >= 11 is 0. The summed E-state index contributed by atoms with van der Waals surface area (Å²) in [5.74, 6) is -11.4. The van der Waals surface area contributed by atoms with E-state index in [-0.39, 0.29) is 92.5 Å². The molecule has 0 spiro atoms. The van der Waals surface area contributed by atoms with Gasteiger partial charge in [0.25, 0.3) is 11.7 Å². The third-order valence-corrected chi connectivity index (χ3v) is 23.6. The van der Waals surface area contributed by atoms with E-state index < -0.39 is 148 Å². The van der Waals surface area contributed by atoms with Crippen molar-refractivity contribution in [3.63, 3.8) is 0 Å². The van der Waals surface area contributed by atoms with Gasteiger partial charge in [-0.3, -0.25) is 38.4 Å². The maximum absolute atomic E-state index is 14.7. The lowest BCUT2D eigenvalue weighted by Crippen LogP contribution is -2.61. The first-order chi connectivity index (χ1) is 48.4. The second-order valence-electron chi connectivity index (χ2n) is 30.9. The van der Waals surface area contributed by atoms with Crippen LogP contribution in [0.4, 0.5) is 0 Å². The number of rotatable bonds is 15. The third-order valence-electron chi connectivity index (χ3n) is 23.6. The number of methoxy groups -OCH3 is 3. The van der Waals surface area contributed by atoms with Crippen LogP contribution >= 0.6 is 0 Å². The number of ketones is 4. The van der Waals surface area contributed by atoms with Crippen molar-refractivity contribution in [2.75, 3.05) is 34.5 Å². The zero-order chi connectivity index (χ0) is 74.3. The van der Waals surface area contributed by atoms with Crippen LogP contribution < -0.4 is 0 Å². The Bertz CT molecular complexity index is 3460. The fraction of sp³-hybridized carbons (Fsp3) is 0.696. The minimum atomic E-state index is -2.49. The number of hydrogen-bond donors (Lipinski definition) is 2. The first-order valence-electron chi connectivity index (χ1n) is 37.0.